The van der Waals surface area contributed by atoms with Crippen molar-refractivity contribution in [3.05, 3.63) is 46.4 Å². The van der Waals surface area contributed by atoms with Crippen LogP contribution >= 0.6 is 0 Å². The van der Waals surface area contributed by atoms with Crippen molar-refractivity contribution in [1.82, 2.24) is 19.9 Å². The number of anilines is 2. The summed E-state index contributed by atoms with van der Waals surface area (Å²) in [5.74, 6) is 1.02. The summed E-state index contributed by atoms with van der Waals surface area (Å²) in [4.78, 5) is 29.8. The fourth-order valence-electron chi connectivity index (χ4n) is 3.34. The van der Waals surface area contributed by atoms with Crippen LogP contribution in [0.3, 0.4) is 0 Å². The van der Waals surface area contributed by atoms with Crippen molar-refractivity contribution in [1.29, 1.82) is 0 Å². The molecule has 1 aliphatic carbocycles. The molecule has 0 amide bonds. The molecule has 0 atom stereocenters. The Morgan fingerprint density at radius 1 is 1.00 bits per heavy atom. The zero-order valence-corrected chi connectivity index (χ0v) is 14.6. The molecule has 0 aliphatic heterocycles. The summed E-state index contributed by atoms with van der Waals surface area (Å²) in [5, 5.41) is 4.14. The van der Waals surface area contributed by atoms with Gasteiger partial charge in [-0.05, 0) is 45.2 Å². The van der Waals surface area contributed by atoms with Crippen molar-refractivity contribution in [2.45, 2.75) is 40.0 Å². The molecule has 0 radical (unpaired) electrons. The maximum absolute atomic E-state index is 11.9. The van der Waals surface area contributed by atoms with Gasteiger partial charge in [0.05, 0.1) is 22.5 Å². The topological polar surface area (TPSA) is 80.7 Å². The van der Waals surface area contributed by atoms with E-state index in [0.29, 0.717) is 23.9 Å². The summed E-state index contributed by atoms with van der Waals surface area (Å²) in [7, 11) is 0. The highest BCUT2D eigenvalue weighted by molar-refractivity contribution is 5.97. The molecule has 3 aromatic rings. The number of aromatic nitrogens is 4. The van der Waals surface area contributed by atoms with Gasteiger partial charge in [0.2, 0.25) is 11.9 Å². The average Bonchev–Trinajstić information content (AvgIpc) is 2.56. The summed E-state index contributed by atoms with van der Waals surface area (Å²) in [5.41, 5.74) is 5.58. The molecule has 0 fully saturated rings. The average molecular weight is 333 g/mol. The van der Waals surface area contributed by atoms with Crippen LogP contribution in [0.4, 0.5) is 11.9 Å². The summed E-state index contributed by atoms with van der Waals surface area (Å²) in [6.45, 7) is 6.09. The molecule has 0 spiro atoms. The Balaban J connectivity index is 1.73. The highest BCUT2D eigenvalue weighted by Gasteiger charge is 2.19. The van der Waals surface area contributed by atoms with Gasteiger partial charge in [0, 0.05) is 18.0 Å². The smallest absolute Gasteiger partial charge is 0.230 e. The van der Waals surface area contributed by atoms with Crippen LogP contribution in [0, 0.1) is 20.8 Å². The van der Waals surface area contributed by atoms with Gasteiger partial charge < -0.3 is 0 Å². The highest BCUT2D eigenvalue weighted by Crippen LogP contribution is 2.24. The maximum atomic E-state index is 11.9. The second-order valence-corrected chi connectivity index (χ2v) is 6.57. The number of fused-ring (bicyclic) bond motifs is 2. The van der Waals surface area contributed by atoms with Crippen LogP contribution in [0.5, 0.6) is 0 Å². The molecule has 1 aliphatic rings. The number of hydrogen-bond donors (Lipinski definition) is 1. The number of nitrogens with one attached hydrogen (secondary N) is 1. The molecule has 0 unspecified atom stereocenters. The standard InChI is InChI=1S/C19H19N5O/c1-10-7-11(2)17-13(8-10)12(3)21-19(23-17)24-18-20-9-14-15(22-18)5-4-6-16(14)25/h7-9H,4-6H2,1-3H3,(H,20,21,22,23,24). The molecule has 6 nitrogen and oxygen atoms in total. The first-order valence-electron chi connectivity index (χ1n) is 8.43. The van der Waals surface area contributed by atoms with Crippen LogP contribution < -0.4 is 5.32 Å². The summed E-state index contributed by atoms with van der Waals surface area (Å²) >= 11 is 0. The number of carbonyl (C=O) groups is 1. The van der Waals surface area contributed by atoms with Gasteiger partial charge in [0.25, 0.3) is 0 Å². The van der Waals surface area contributed by atoms with Crippen LogP contribution in [0.25, 0.3) is 10.9 Å². The third kappa shape index (κ3) is 2.84. The van der Waals surface area contributed by atoms with E-state index in [0.717, 1.165) is 40.7 Å². The highest BCUT2D eigenvalue weighted by atomic mass is 16.1. The van der Waals surface area contributed by atoms with Crippen LogP contribution in [-0.4, -0.2) is 25.7 Å². The predicted molar refractivity (Wildman–Crippen MR) is 96.3 cm³/mol. The monoisotopic (exact) mass is 333 g/mol. The van der Waals surface area contributed by atoms with E-state index in [1.807, 2.05) is 13.8 Å². The Bertz CT molecular complexity index is 1010. The summed E-state index contributed by atoms with van der Waals surface area (Å²) < 4.78 is 0. The minimum atomic E-state index is 0.122. The van der Waals surface area contributed by atoms with Crippen molar-refractivity contribution in [2.75, 3.05) is 5.32 Å². The molecule has 0 saturated carbocycles. The lowest BCUT2D eigenvalue weighted by atomic mass is 9.96. The second kappa shape index (κ2) is 5.88. The summed E-state index contributed by atoms with van der Waals surface area (Å²) in [6, 6.07) is 4.21. The van der Waals surface area contributed by atoms with Gasteiger partial charge in [-0.25, -0.2) is 19.9 Å². The summed E-state index contributed by atoms with van der Waals surface area (Å²) in [6.07, 6.45) is 3.82. The minimum absolute atomic E-state index is 0.122. The molecular weight excluding hydrogens is 314 g/mol. The minimum Gasteiger partial charge on any atom is -0.294 e. The van der Waals surface area contributed by atoms with Gasteiger partial charge in [-0.1, -0.05) is 11.6 Å². The van der Waals surface area contributed by atoms with Gasteiger partial charge in [-0.2, -0.15) is 0 Å². The lowest BCUT2D eigenvalue weighted by Crippen LogP contribution is -2.14. The number of rotatable bonds is 2. The molecule has 2 aromatic heterocycles. The van der Waals surface area contributed by atoms with E-state index in [-0.39, 0.29) is 5.78 Å². The van der Waals surface area contributed by atoms with Crippen LogP contribution in [0.15, 0.2) is 18.3 Å². The molecule has 25 heavy (non-hydrogen) atoms. The Labute approximate surface area is 145 Å². The molecule has 0 saturated heterocycles. The predicted octanol–water partition coefficient (Wildman–Crippen LogP) is 3.61. The number of aryl methyl sites for hydroxylation is 4. The number of nitrogens with zero attached hydrogens (tertiary/aromatic N) is 4. The van der Waals surface area contributed by atoms with Gasteiger partial charge in [-0.15, -0.1) is 0 Å². The third-order valence-corrected chi connectivity index (χ3v) is 4.54. The van der Waals surface area contributed by atoms with E-state index in [9.17, 15) is 4.79 Å². The van der Waals surface area contributed by atoms with Crippen molar-refractivity contribution >= 4 is 28.6 Å². The molecule has 0 bridgehead atoms. The fourth-order valence-corrected chi connectivity index (χ4v) is 3.34. The molecular formula is C19H19N5O. The van der Waals surface area contributed by atoms with Crippen LogP contribution in [0.1, 0.15) is 45.7 Å². The first kappa shape index (κ1) is 15.6. The molecule has 2 heterocycles. The van der Waals surface area contributed by atoms with E-state index >= 15 is 0 Å². The first-order valence-corrected chi connectivity index (χ1v) is 8.43. The second-order valence-electron chi connectivity index (χ2n) is 6.57. The van der Waals surface area contributed by atoms with Crippen LogP contribution in [-0.2, 0) is 6.42 Å². The van der Waals surface area contributed by atoms with E-state index in [4.69, 9.17) is 0 Å². The maximum Gasteiger partial charge on any atom is 0.230 e. The van der Waals surface area contributed by atoms with E-state index in [1.165, 1.54) is 5.56 Å². The number of benzene rings is 1. The molecule has 6 heteroatoms. The number of carbonyl (C=O) groups excluding carboxylic acids is 1. The van der Waals surface area contributed by atoms with Gasteiger partial charge in [0.1, 0.15) is 0 Å². The number of ketones is 1. The first-order chi connectivity index (χ1) is 12.0. The van der Waals surface area contributed by atoms with Crippen molar-refractivity contribution < 1.29 is 4.79 Å². The lowest BCUT2D eigenvalue weighted by molar-refractivity contribution is 0.0971. The SMILES string of the molecule is Cc1cc(C)c2nc(Nc3ncc4c(n3)CCCC4=O)nc(C)c2c1. The number of hydrogen-bond acceptors (Lipinski definition) is 6. The van der Waals surface area contributed by atoms with E-state index in [2.05, 4.69) is 44.3 Å². The lowest BCUT2D eigenvalue weighted by Gasteiger charge is -2.14. The van der Waals surface area contributed by atoms with Crippen LogP contribution in [0.2, 0.25) is 0 Å². The van der Waals surface area contributed by atoms with Crippen molar-refractivity contribution in [3.8, 4) is 0 Å². The largest absolute Gasteiger partial charge is 0.294 e. The molecule has 1 N–H and O–H groups in total. The van der Waals surface area contributed by atoms with Gasteiger partial charge in [0.15, 0.2) is 5.78 Å². The Morgan fingerprint density at radius 2 is 1.84 bits per heavy atom. The molecule has 1 aromatic carbocycles. The zero-order valence-electron chi connectivity index (χ0n) is 14.6. The fraction of sp³-hybridized carbons (Fsp3) is 0.316. The quantitative estimate of drug-likeness (QED) is 0.771. The zero-order chi connectivity index (χ0) is 17.6. The van der Waals surface area contributed by atoms with Crippen molar-refractivity contribution in [3.63, 3.8) is 0 Å². The van der Waals surface area contributed by atoms with E-state index in [1.54, 1.807) is 6.20 Å². The Morgan fingerprint density at radius 3 is 2.68 bits per heavy atom. The van der Waals surface area contributed by atoms with Gasteiger partial charge >= 0.3 is 0 Å². The Hall–Kier alpha value is -2.89. The van der Waals surface area contributed by atoms with E-state index < -0.39 is 0 Å². The van der Waals surface area contributed by atoms with Gasteiger partial charge in [-0.3, -0.25) is 10.1 Å². The van der Waals surface area contributed by atoms with Crippen molar-refractivity contribution in [2.24, 2.45) is 0 Å². The Kier molecular flexibility index (Phi) is 3.67. The molecule has 4 rings (SSSR count). The normalized spacial score (nSPS) is 13.8. The number of Topliss-reactive ketones (excluding diaryl/α,β-unsaturated/α-hetero) is 1. The third-order valence-electron chi connectivity index (χ3n) is 4.54. The molecule has 126 valence electrons.